The number of epoxide rings is 1. The van der Waals surface area contributed by atoms with Crippen LogP contribution >= 0.6 is 0 Å². The Balaban J connectivity index is 1.15. The summed E-state index contributed by atoms with van der Waals surface area (Å²) in [4.78, 5) is 20.7. The molecule has 0 bridgehead atoms. The predicted molar refractivity (Wildman–Crippen MR) is 134 cm³/mol. The molecule has 3 aromatic carbocycles. The Bertz CT molecular complexity index is 1280. The Morgan fingerprint density at radius 2 is 1.74 bits per heavy atom. The van der Waals surface area contributed by atoms with Crippen LogP contribution in [-0.4, -0.2) is 60.3 Å². The second-order valence-electron chi connectivity index (χ2n) is 10.5. The summed E-state index contributed by atoms with van der Waals surface area (Å²) in [6.07, 6.45) is 3.78. The lowest BCUT2D eigenvalue weighted by Crippen LogP contribution is -2.57. The molecule has 0 aromatic heterocycles. The first-order chi connectivity index (χ1) is 17.1. The highest BCUT2D eigenvalue weighted by atomic mass is 19.1. The fourth-order valence-electron chi connectivity index (χ4n) is 6.67. The van der Waals surface area contributed by atoms with E-state index in [1.807, 2.05) is 17.0 Å². The number of carbonyl (C=O) groups excluding carboxylic acids is 1. The number of benzene rings is 3. The van der Waals surface area contributed by atoms with Crippen molar-refractivity contribution < 1.29 is 13.9 Å². The zero-order valence-electron chi connectivity index (χ0n) is 19.8. The first kappa shape index (κ1) is 21.3. The number of piperidine rings is 1. The molecule has 0 radical (unpaired) electrons. The maximum atomic E-state index is 13.9. The number of carbonyl (C=O) groups is 1. The average Bonchev–Trinajstić information content (AvgIpc) is 3.59. The molecule has 1 amide bonds. The molecule has 1 spiro atoms. The van der Waals surface area contributed by atoms with Gasteiger partial charge in [-0.2, -0.15) is 0 Å². The number of rotatable bonds is 5. The molecule has 35 heavy (non-hydrogen) atoms. The van der Waals surface area contributed by atoms with Crippen LogP contribution in [0.1, 0.15) is 36.4 Å². The molecular formula is C29H30FN3O2. The van der Waals surface area contributed by atoms with Gasteiger partial charge < -0.3 is 14.5 Å². The normalized spacial score (nSPS) is 25.2. The van der Waals surface area contributed by atoms with E-state index in [0.717, 1.165) is 51.1 Å². The van der Waals surface area contributed by atoms with Crippen molar-refractivity contribution in [1.82, 2.24) is 9.80 Å². The van der Waals surface area contributed by atoms with Gasteiger partial charge in [0.1, 0.15) is 11.4 Å². The van der Waals surface area contributed by atoms with Crippen molar-refractivity contribution in [2.75, 3.05) is 37.8 Å². The Morgan fingerprint density at radius 1 is 1.00 bits per heavy atom. The maximum Gasteiger partial charge on any atom is 0.250 e. The average molecular weight is 472 g/mol. The van der Waals surface area contributed by atoms with E-state index in [9.17, 15) is 9.18 Å². The molecule has 2 atom stereocenters. The van der Waals surface area contributed by atoms with Crippen molar-refractivity contribution >= 4 is 22.4 Å². The van der Waals surface area contributed by atoms with E-state index >= 15 is 0 Å². The monoisotopic (exact) mass is 471 g/mol. The number of hydrogen-bond donors (Lipinski definition) is 0. The highest BCUT2D eigenvalue weighted by Crippen LogP contribution is 2.45. The molecule has 3 aliphatic heterocycles. The molecule has 0 N–H and O–H groups in total. The largest absolute Gasteiger partial charge is 0.373 e. The predicted octanol–water partition coefficient (Wildman–Crippen LogP) is 4.51. The topological polar surface area (TPSA) is 39.3 Å². The molecule has 5 nitrogen and oxygen atoms in total. The summed E-state index contributed by atoms with van der Waals surface area (Å²) in [6.45, 7) is 3.83. The lowest BCUT2D eigenvalue weighted by atomic mass is 9.84. The molecule has 3 heterocycles. The number of amides is 1. The summed E-state index contributed by atoms with van der Waals surface area (Å²) >= 11 is 0. The van der Waals surface area contributed by atoms with Gasteiger partial charge in [0.15, 0.2) is 0 Å². The highest BCUT2D eigenvalue weighted by Gasteiger charge is 2.54. The van der Waals surface area contributed by atoms with Crippen molar-refractivity contribution in [3.05, 3.63) is 77.6 Å². The van der Waals surface area contributed by atoms with Crippen molar-refractivity contribution in [3.8, 4) is 0 Å². The Morgan fingerprint density at radius 3 is 2.49 bits per heavy atom. The van der Waals surface area contributed by atoms with Crippen molar-refractivity contribution in [1.29, 1.82) is 0 Å². The van der Waals surface area contributed by atoms with Crippen LogP contribution in [0.3, 0.4) is 0 Å². The SMILES string of the molecule is O=C1N(CC[C@@H]2CO2)CN(c2ccc(F)cc2)C12CCN([C@@H]1Cc3cccc4cccc1c34)CC2. The number of hydrogen-bond acceptors (Lipinski definition) is 4. The number of anilines is 1. The van der Waals surface area contributed by atoms with Crippen LogP contribution in [0.25, 0.3) is 10.8 Å². The van der Waals surface area contributed by atoms with E-state index in [2.05, 4.69) is 46.2 Å². The van der Waals surface area contributed by atoms with Gasteiger partial charge in [-0.15, -0.1) is 0 Å². The van der Waals surface area contributed by atoms with E-state index in [1.54, 1.807) is 0 Å². The first-order valence-electron chi connectivity index (χ1n) is 12.8. The fraction of sp³-hybridized carbons (Fsp3) is 0.414. The standard InChI is InChI=1S/C29H30FN3O2/c30-22-7-9-23(10-8-22)33-19-32(14-11-24-18-35-24)28(34)29(33)12-15-31(16-13-29)26-17-21-5-1-3-20-4-2-6-25(26)27(20)21/h1-10,24,26H,11-19H2/t24-,26-/m1/s1. The van der Waals surface area contributed by atoms with Crippen molar-refractivity contribution in [2.45, 2.75) is 43.4 Å². The fourth-order valence-corrected chi connectivity index (χ4v) is 6.67. The molecule has 3 fully saturated rings. The summed E-state index contributed by atoms with van der Waals surface area (Å²) < 4.78 is 19.1. The third-order valence-corrected chi connectivity index (χ3v) is 8.64. The van der Waals surface area contributed by atoms with Crippen molar-refractivity contribution in [2.24, 2.45) is 0 Å². The number of ether oxygens (including phenoxy) is 1. The minimum absolute atomic E-state index is 0.221. The number of halogens is 1. The zero-order chi connectivity index (χ0) is 23.6. The van der Waals surface area contributed by atoms with Crippen LogP contribution in [-0.2, 0) is 16.0 Å². The Kier molecular flexibility index (Phi) is 4.90. The van der Waals surface area contributed by atoms with Crippen LogP contribution < -0.4 is 4.90 Å². The van der Waals surface area contributed by atoms with Gasteiger partial charge in [0, 0.05) is 31.4 Å². The molecule has 3 saturated heterocycles. The van der Waals surface area contributed by atoms with Gasteiger partial charge >= 0.3 is 0 Å². The number of likely N-dealkylation sites (tertiary alicyclic amines) is 1. The third kappa shape index (κ3) is 3.46. The van der Waals surface area contributed by atoms with E-state index in [0.29, 0.717) is 25.4 Å². The van der Waals surface area contributed by atoms with Crippen LogP contribution in [0.4, 0.5) is 10.1 Å². The van der Waals surface area contributed by atoms with Gasteiger partial charge in [0.25, 0.3) is 0 Å². The summed E-state index contributed by atoms with van der Waals surface area (Å²) in [7, 11) is 0. The Labute approximate surface area is 205 Å². The summed E-state index contributed by atoms with van der Waals surface area (Å²) in [5, 5.41) is 2.73. The van der Waals surface area contributed by atoms with E-state index in [-0.39, 0.29) is 11.7 Å². The molecule has 6 heteroatoms. The van der Waals surface area contributed by atoms with Crippen LogP contribution in [0.15, 0.2) is 60.7 Å². The minimum Gasteiger partial charge on any atom is -0.373 e. The molecule has 0 unspecified atom stereocenters. The number of nitrogens with zero attached hydrogens (tertiary/aromatic N) is 3. The van der Waals surface area contributed by atoms with Gasteiger partial charge in [-0.05, 0) is 71.8 Å². The van der Waals surface area contributed by atoms with E-state index in [4.69, 9.17) is 4.74 Å². The molecule has 3 aromatic rings. The second-order valence-corrected chi connectivity index (χ2v) is 10.5. The summed E-state index contributed by atoms with van der Waals surface area (Å²) in [6, 6.07) is 20.3. The quantitative estimate of drug-likeness (QED) is 0.514. The summed E-state index contributed by atoms with van der Waals surface area (Å²) in [5.74, 6) is -0.0280. The molecule has 7 rings (SSSR count). The maximum absolute atomic E-state index is 13.9. The second kappa shape index (κ2) is 8.04. The van der Waals surface area contributed by atoms with E-state index in [1.165, 1.54) is 34.0 Å². The lowest BCUT2D eigenvalue weighted by molar-refractivity contribution is -0.133. The lowest BCUT2D eigenvalue weighted by Gasteiger charge is -2.45. The van der Waals surface area contributed by atoms with Crippen LogP contribution in [0.5, 0.6) is 0 Å². The third-order valence-electron chi connectivity index (χ3n) is 8.64. The Hall–Kier alpha value is -2.96. The minimum atomic E-state index is -0.559. The van der Waals surface area contributed by atoms with E-state index < -0.39 is 5.54 Å². The van der Waals surface area contributed by atoms with Crippen molar-refractivity contribution in [3.63, 3.8) is 0 Å². The molecule has 1 aliphatic carbocycles. The van der Waals surface area contributed by atoms with Gasteiger partial charge in [-0.25, -0.2) is 4.39 Å². The van der Waals surface area contributed by atoms with Gasteiger partial charge in [-0.1, -0.05) is 36.4 Å². The smallest absolute Gasteiger partial charge is 0.250 e. The summed E-state index contributed by atoms with van der Waals surface area (Å²) in [5.41, 5.74) is 3.22. The highest BCUT2D eigenvalue weighted by molar-refractivity contribution is 5.94. The van der Waals surface area contributed by atoms with Crippen LogP contribution in [0, 0.1) is 5.82 Å². The molecule has 180 valence electrons. The van der Waals surface area contributed by atoms with Crippen LogP contribution in [0.2, 0.25) is 0 Å². The molecular weight excluding hydrogens is 441 g/mol. The first-order valence-corrected chi connectivity index (χ1v) is 12.8. The zero-order valence-corrected chi connectivity index (χ0v) is 19.8. The van der Waals surface area contributed by atoms with Gasteiger partial charge in [0.2, 0.25) is 5.91 Å². The molecule has 0 saturated carbocycles. The molecule has 4 aliphatic rings. The van der Waals surface area contributed by atoms with Gasteiger partial charge in [0.05, 0.1) is 19.4 Å². The van der Waals surface area contributed by atoms with Gasteiger partial charge in [-0.3, -0.25) is 9.69 Å².